The third-order valence-electron chi connectivity index (χ3n) is 3.68. The quantitative estimate of drug-likeness (QED) is 0.467. The summed E-state index contributed by atoms with van der Waals surface area (Å²) in [5.41, 5.74) is 7.55. The Kier molecular flexibility index (Phi) is 6.77. The summed E-state index contributed by atoms with van der Waals surface area (Å²) >= 11 is 4.75. The van der Waals surface area contributed by atoms with Crippen LogP contribution in [0, 0.1) is 13.8 Å². The van der Waals surface area contributed by atoms with Gasteiger partial charge in [-0.2, -0.15) is 0 Å². The number of thiol groups is 1. The second-order valence-corrected chi connectivity index (χ2v) is 5.49. The van der Waals surface area contributed by atoms with Gasteiger partial charge in [-0.25, -0.2) is 0 Å². The first kappa shape index (κ1) is 17.6. The first-order valence-electron chi connectivity index (χ1n) is 7.44. The largest absolute Gasteiger partial charge is 0.143 e. The van der Waals surface area contributed by atoms with E-state index in [0.717, 1.165) is 4.90 Å². The van der Waals surface area contributed by atoms with Crippen molar-refractivity contribution in [3.8, 4) is 0 Å². The fraction of sp³-hybridized carbons (Fsp3) is 0.300. The van der Waals surface area contributed by atoms with Gasteiger partial charge in [0.05, 0.1) is 0 Å². The molecular formula is C20H26S. The molecule has 1 aromatic rings. The van der Waals surface area contributed by atoms with Crippen molar-refractivity contribution in [3.63, 3.8) is 0 Å². The molecule has 1 rings (SSSR count). The summed E-state index contributed by atoms with van der Waals surface area (Å²) in [4.78, 5) is 1.07. The van der Waals surface area contributed by atoms with Crippen LogP contribution in [0.3, 0.4) is 0 Å². The smallest absolute Gasteiger partial charge is 0.0151 e. The minimum absolute atomic E-state index is 1.07. The van der Waals surface area contributed by atoms with Crippen LogP contribution in [0.2, 0.25) is 0 Å². The standard InChI is InChI=1S/C20H26S/c1-7-11-16(10-4)19-14(5)18(13-9-3)20(21)15(6)17(19)12-8-2/h7-13,21H,1-6H3/b11-7-,12-8-,13-9-,16-10+. The van der Waals surface area contributed by atoms with E-state index >= 15 is 0 Å². The van der Waals surface area contributed by atoms with Crippen LogP contribution >= 0.6 is 12.6 Å². The normalized spacial score (nSPS) is 13.2. The molecule has 0 heterocycles. The summed E-state index contributed by atoms with van der Waals surface area (Å²) in [5, 5.41) is 0. The Morgan fingerprint density at radius 2 is 1.38 bits per heavy atom. The molecule has 0 saturated heterocycles. The molecule has 0 radical (unpaired) electrons. The molecule has 0 aliphatic heterocycles. The minimum Gasteiger partial charge on any atom is -0.143 e. The van der Waals surface area contributed by atoms with Crippen LogP contribution in [0.25, 0.3) is 17.7 Å². The van der Waals surface area contributed by atoms with Crippen LogP contribution in [0.1, 0.15) is 55.5 Å². The molecule has 0 amide bonds. The van der Waals surface area contributed by atoms with Crippen molar-refractivity contribution in [1.82, 2.24) is 0 Å². The summed E-state index contributed by atoms with van der Waals surface area (Å²) in [6, 6.07) is 0. The third-order valence-corrected chi connectivity index (χ3v) is 4.25. The van der Waals surface area contributed by atoms with Crippen LogP contribution in [0.4, 0.5) is 0 Å². The van der Waals surface area contributed by atoms with Gasteiger partial charge in [-0.1, -0.05) is 42.5 Å². The lowest BCUT2D eigenvalue weighted by molar-refractivity contribution is 1.21. The van der Waals surface area contributed by atoms with Crippen molar-refractivity contribution in [2.75, 3.05) is 0 Å². The Bertz CT molecular complexity index is 626. The van der Waals surface area contributed by atoms with Gasteiger partial charge in [-0.05, 0) is 74.9 Å². The summed E-state index contributed by atoms with van der Waals surface area (Å²) in [5.74, 6) is 0. The molecule has 0 aliphatic rings. The molecule has 0 aromatic heterocycles. The van der Waals surface area contributed by atoms with Crippen LogP contribution in [-0.4, -0.2) is 0 Å². The van der Waals surface area contributed by atoms with E-state index in [1.54, 1.807) is 0 Å². The topological polar surface area (TPSA) is 0 Å². The summed E-state index contributed by atoms with van der Waals surface area (Å²) in [6.07, 6.45) is 14.9. The van der Waals surface area contributed by atoms with Crippen LogP contribution in [-0.2, 0) is 0 Å². The fourth-order valence-corrected chi connectivity index (χ4v) is 3.02. The van der Waals surface area contributed by atoms with E-state index in [0.29, 0.717) is 0 Å². The van der Waals surface area contributed by atoms with E-state index in [2.05, 4.69) is 77.2 Å². The van der Waals surface area contributed by atoms with Gasteiger partial charge in [-0.3, -0.25) is 0 Å². The van der Waals surface area contributed by atoms with Crippen molar-refractivity contribution in [3.05, 3.63) is 58.2 Å². The number of allylic oxidation sites excluding steroid dienone is 6. The molecule has 0 bridgehead atoms. The van der Waals surface area contributed by atoms with Gasteiger partial charge in [-0.15, -0.1) is 12.6 Å². The van der Waals surface area contributed by atoms with Crippen molar-refractivity contribution in [2.24, 2.45) is 0 Å². The van der Waals surface area contributed by atoms with Gasteiger partial charge < -0.3 is 0 Å². The lowest BCUT2D eigenvalue weighted by Gasteiger charge is -2.20. The second kappa shape index (κ2) is 8.09. The van der Waals surface area contributed by atoms with Crippen LogP contribution in [0.5, 0.6) is 0 Å². The molecule has 0 N–H and O–H groups in total. The predicted molar refractivity (Wildman–Crippen MR) is 101 cm³/mol. The van der Waals surface area contributed by atoms with Crippen molar-refractivity contribution in [1.29, 1.82) is 0 Å². The maximum absolute atomic E-state index is 4.75. The van der Waals surface area contributed by atoms with E-state index in [1.807, 2.05) is 6.92 Å². The lowest BCUT2D eigenvalue weighted by atomic mass is 9.87. The van der Waals surface area contributed by atoms with Gasteiger partial charge in [0.2, 0.25) is 0 Å². The molecule has 0 fully saturated rings. The SMILES string of the molecule is C/C=C\C(=C/C)c1c(C)c(/C=C\C)c(S)c(C)c1/C=C\C. The van der Waals surface area contributed by atoms with Crippen LogP contribution in [0.15, 0.2) is 35.3 Å². The Morgan fingerprint density at radius 3 is 1.86 bits per heavy atom. The maximum Gasteiger partial charge on any atom is 0.0151 e. The molecule has 0 unspecified atom stereocenters. The van der Waals surface area contributed by atoms with E-state index in [1.165, 1.54) is 33.4 Å². The highest BCUT2D eigenvalue weighted by Gasteiger charge is 2.16. The summed E-state index contributed by atoms with van der Waals surface area (Å²) in [6.45, 7) is 12.6. The minimum atomic E-state index is 1.07. The van der Waals surface area contributed by atoms with Crippen LogP contribution < -0.4 is 0 Å². The number of hydrogen-bond donors (Lipinski definition) is 1. The van der Waals surface area contributed by atoms with E-state index < -0.39 is 0 Å². The van der Waals surface area contributed by atoms with Crippen molar-refractivity contribution in [2.45, 2.75) is 46.4 Å². The van der Waals surface area contributed by atoms with Gasteiger partial charge in [0.25, 0.3) is 0 Å². The van der Waals surface area contributed by atoms with E-state index in [4.69, 9.17) is 12.6 Å². The lowest BCUT2D eigenvalue weighted by Crippen LogP contribution is -2.00. The molecule has 0 saturated carbocycles. The first-order chi connectivity index (χ1) is 10.0. The summed E-state index contributed by atoms with van der Waals surface area (Å²) < 4.78 is 0. The number of rotatable bonds is 4. The molecule has 21 heavy (non-hydrogen) atoms. The average Bonchev–Trinajstić information content (AvgIpc) is 2.48. The molecule has 1 heteroatoms. The van der Waals surface area contributed by atoms with E-state index in [-0.39, 0.29) is 0 Å². The Balaban J connectivity index is 3.90. The van der Waals surface area contributed by atoms with Crippen molar-refractivity contribution < 1.29 is 0 Å². The fourth-order valence-electron chi connectivity index (χ4n) is 2.65. The summed E-state index contributed by atoms with van der Waals surface area (Å²) in [7, 11) is 0. The second-order valence-electron chi connectivity index (χ2n) is 5.04. The highest BCUT2D eigenvalue weighted by molar-refractivity contribution is 7.80. The number of benzene rings is 1. The molecule has 0 spiro atoms. The van der Waals surface area contributed by atoms with Crippen molar-refractivity contribution >= 4 is 30.4 Å². The Morgan fingerprint density at radius 1 is 0.810 bits per heavy atom. The molecule has 112 valence electrons. The highest BCUT2D eigenvalue weighted by Crippen LogP contribution is 2.36. The zero-order valence-corrected chi connectivity index (χ0v) is 14.9. The Hall–Kier alpha value is -1.47. The zero-order chi connectivity index (χ0) is 16.0. The molecule has 0 aliphatic carbocycles. The van der Waals surface area contributed by atoms with Gasteiger partial charge in [0.1, 0.15) is 0 Å². The average molecular weight is 298 g/mol. The zero-order valence-electron chi connectivity index (χ0n) is 14.0. The highest BCUT2D eigenvalue weighted by atomic mass is 32.1. The molecule has 0 nitrogen and oxygen atoms in total. The Labute approximate surface area is 135 Å². The molecular weight excluding hydrogens is 272 g/mol. The predicted octanol–water partition coefficient (Wildman–Crippen LogP) is 6.64. The molecule has 0 atom stereocenters. The van der Waals surface area contributed by atoms with Gasteiger partial charge in [0.15, 0.2) is 0 Å². The first-order valence-corrected chi connectivity index (χ1v) is 7.88. The number of hydrogen-bond acceptors (Lipinski definition) is 1. The van der Waals surface area contributed by atoms with Gasteiger partial charge >= 0.3 is 0 Å². The molecule has 1 aromatic carbocycles. The third kappa shape index (κ3) is 3.59. The maximum atomic E-state index is 4.75. The monoisotopic (exact) mass is 298 g/mol. The van der Waals surface area contributed by atoms with Gasteiger partial charge in [0, 0.05) is 4.90 Å². The van der Waals surface area contributed by atoms with E-state index in [9.17, 15) is 0 Å².